The Balaban J connectivity index is 2.23. The van der Waals surface area contributed by atoms with Gasteiger partial charge in [-0.1, -0.05) is 23.3 Å². The standard InChI is InChI=1S/C9H12/c1-7-5-8-3-2-4-9(8)6-7/h1-6H2. The van der Waals surface area contributed by atoms with Crippen molar-refractivity contribution in [2.24, 2.45) is 0 Å². The molecule has 0 nitrogen and oxygen atoms in total. The van der Waals surface area contributed by atoms with Gasteiger partial charge in [0.15, 0.2) is 0 Å². The zero-order valence-electron chi connectivity index (χ0n) is 5.74. The second kappa shape index (κ2) is 1.73. The minimum absolute atomic E-state index is 1.23. The molecule has 0 aromatic carbocycles. The molecule has 0 atom stereocenters. The number of hydrogen-bond donors (Lipinski definition) is 0. The Labute approximate surface area is 56.3 Å². The Morgan fingerprint density at radius 1 is 1.00 bits per heavy atom. The molecule has 0 aromatic heterocycles. The highest BCUT2D eigenvalue weighted by atomic mass is 14.3. The summed E-state index contributed by atoms with van der Waals surface area (Å²) in [5.41, 5.74) is 4.89. The van der Waals surface area contributed by atoms with Gasteiger partial charge in [0.05, 0.1) is 0 Å². The van der Waals surface area contributed by atoms with Crippen LogP contribution in [0.1, 0.15) is 32.1 Å². The van der Waals surface area contributed by atoms with E-state index in [2.05, 4.69) is 6.58 Å². The van der Waals surface area contributed by atoms with E-state index in [1.165, 1.54) is 37.7 Å². The first kappa shape index (κ1) is 5.28. The summed E-state index contributed by atoms with van der Waals surface area (Å²) in [6, 6.07) is 0. The van der Waals surface area contributed by atoms with Gasteiger partial charge >= 0.3 is 0 Å². The Morgan fingerprint density at radius 2 is 1.56 bits per heavy atom. The Morgan fingerprint density at radius 3 is 2.11 bits per heavy atom. The van der Waals surface area contributed by atoms with Crippen LogP contribution in [0.2, 0.25) is 0 Å². The SMILES string of the molecule is C=C1CC2=C(CCC2)C1. The monoisotopic (exact) mass is 120 g/mol. The third-order valence-electron chi connectivity index (χ3n) is 2.38. The van der Waals surface area contributed by atoms with E-state index in [1.807, 2.05) is 0 Å². The van der Waals surface area contributed by atoms with Crippen LogP contribution in [0.3, 0.4) is 0 Å². The van der Waals surface area contributed by atoms with Crippen LogP contribution in [0.5, 0.6) is 0 Å². The molecule has 0 aliphatic heterocycles. The molecule has 0 saturated carbocycles. The second-order valence-electron chi connectivity index (χ2n) is 3.16. The predicted octanol–water partition coefficient (Wildman–Crippen LogP) is 2.82. The first-order valence-corrected chi connectivity index (χ1v) is 3.72. The van der Waals surface area contributed by atoms with Crippen molar-refractivity contribution in [2.75, 3.05) is 0 Å². The van der Waals surface area contributed by atoms with Crippen molar-refractivity contribution in [3.05, 3.63) is 23.3 Å². The molecule has 2 rings (SSSR count). The van der Waals surface area contributed by atoms with Crippen molar-refractivity contribution in [3.8, 4) is 0 Å². The van der Waals surface area contributed by atoms with Crippen molar-refractivity contribution in [3.63, 3.8) is 0 Å². The smallest absolute Gasteiger partial charge is 0.0105 e. The van der Waals surface area contributed by atoms with Gasteiger partial charge in [-0.2, -0.15) is 0 Å². The van der Waals surface area contributed by atoms with E-state index in [0.29, 0.717) is 0 Å². The minimum atomic E-state index is 1.23. The second-order valence-corrected chi connectivity index (χ2v) is 3.16. The van der Waals surface area contributed by atoms with E-state index in [0.717, 1.165) is 0 Å². The van der Waals surface area contributed by atoms with E-state index in [4.69, 9.17) is 0 Å². The first-order valence-electron chi connectivity index (χ1n) is 3.72. The summed E-state index contributed by atoms with van der Waals surface area (Å²) >= 11 is 0. The molecule has 9 heavy (non-hydrogen) atoms. The van der Waals surface area contributed by atoms with Crippen molar-refractivity contribution in [2.45, 2.75) is 32.1 Å². The largest absolute Gasteiger partial charge is 0.0992 e. The number of hydrogen-bond acceptors (Lipinski definition) is 0. The predicted molar refractivity (Wildman–Crippen MR) is 39.3 cm³/mol. The molecule has 0 N–H and O–H groups in total. The van der Waals surface area contributed by atoms with Crippen LogP contribution in [0.4, 0.5) is 0 Å². The highest BCUT2D eigenvalue weighted by Gasteiger charge is 2.20. The highest BCUT2D eigenvalue weighted by Crippen LogP contribution is 2.40. The van der Waals surface area contributed by atoms with Crippen molar-refractivity contribution in [1.29, 1.82) is 0 Å². The molecule has 48 valence electrons. The molecule has 2 aliphatic rings. The molecule has 0 unspecified atom stereocenters. The van der Waals surface area contributed by atoms with Gasteiger partial charge in [0.2, 0.25) is 0 Å². The molecule has 0 aromatic rings. The summed E-state index contributed by atoms with van der Waals surface area (Å²) < 4.78 is 0. The van der Waals surface area contributed by atoms with Crippen LogP contribution in [-0.4, -0.2) is 0 Å². The van der Waals surface area contributed by atoms with Gasteiger partial charge in [-0.05, 0) is 32.1 Å². The molecular weight excluding hydrogens is 108 g/mol. The van der Waals surface area contributed by atoms with Crippen LogP contribution < -0.4 is 0 Å². The van der Waals surface area contributed by atoms with Gasteiger partial charge in [0, 0.05) is 0 Å². The fourth-order valence-corrected chi connectivity index (χ4v) is 1.96. The normalized spacial score (nSPS) is 25.6. The molecular formula is C9H12. The van der Waals surface area contributed by atoms with Gasteiger partial charge in [0.1, 0.15) is 0 Å². The molecule has 2 aliphatic carbocycles. The number of allylic oxidation sites excluding steroid dienone is 3. The minimum Gasteiger partial charge on any atom is -0.0992 e. The third kappa shape index (κ3) is 0.735. The summed E-state index contributed by atoms with van der Waals surface area (Å²) in [7, 11) is 0. The van der Waals surface area contributed by atoms with Gasteiger partial charge in [0.25, 0.3) is 0 Å². The van der Waals surface area contributed by atoms with Gasteiger partial charge in [-0.3, -0.25) is 0 Å². The molecule has 0 fully saturated rings. The fourth-order valence-electron chi connectivity index (χ4n) is 1.96. The fraction of sp³-hybridized carbons (Fsp3) is 0.556. The molecule has 0 saturated heterocycles. The van der Waals surface area contributed by atoms with Crippen molar-refractivity contribution < 1.29 is 0 Å². The molecule has 0 amide bonds. The van der Waals surface area contributed by atoms with Crippen LogP contribution in [0.15, 0.2) is 23.3 Å². The average molecular weight is 120 g/mol. The Kier molecular flexibility index (Phi) is 1.01. The van der Waals surface area contributed by atoms with Gasteiger partial charge in [-0.25, -0.2) is 0 Å². The van der Waals surface area contributed by atoms with E-state index in [9.17, 15) is 0 Å². The zero-order valence-corrected chi connectivity index (χ0v) is 5.74. The molecule has 0 spiro atoms. The molecule has 0 radical (unpaired) electrons. The summed E-state index contributed by atoms with van der Waals surface area (Å²) in [6.07, 6.45) is 6.62. The quantitative estimate of drug-likeness (QED) is 0.431. The lowest BCUT2D eigenvalue weighted by molar-refractivity contribution is 0.845. The summed E-state index contributed by atoms with van der Waals surface area (Å²) in [5, 5.41) is 0. The Hall–Kier alpha value is -0.520. The van der Waals surface area contributed by atoms with Crippen molar-refractivity contribution >= 4 is 0 Å². The zero-order chi connectivity index (χ0) is 6.27. The molecule has 0 heteroatoms. The maximum absolute atomic E-state index is 4.00. The van der Waals surface area contributed by atoms with Crippen LogP contribution >= 0.6 is 0 Å². The van der Waals surface area contributed by atoms with E-state index >= 15 is 0 Å². The maximum atomic E-state index is 4.00. The average Bonchev–Trinajstić information content (AvgIpc) is 2.22. The molecule has 0 heterocycles. The van der Waals surface area contributed by atoms with Crippen LogP contribution in [-0.2, 0) is 0 Å². The summed E-state index contributed by atoms with van der Waals surface area (Å²) in [5.74, 6) is 0. The lowest BCUT2D eigenvalue weighted by Gasteiger charge is -1.95. The summed E-state index contributed by atoms with van der Waals surface area (Å²) in [6.45, 7) is 4.00. The van der Waals surface area contributed by atoms with E-state index in [1.54, 1.807) is 11.1 Å². The van der Waals surface area contributed by atoms with Crippen molar-refractivity contribution in [1.82, 2.24) is 0 Å². The lowest BCUT2D eigenvalue weighted by Crippen LogP contribution is -1.76. The van der Waals surface area contributed by atoms with Crippen LogP contribution in [0.25, 0.3) is 0 Å². The van der Waals surface area contributed by atoms with E-state index in [-0.39, 0.29) is 0 Å². The summed E-state index contributed by atoms with van der Waals surface area (Å²) in [4.78, 5) is 0. The van der Waals surface area contributed by atoms with Crippen LogP contribution in [0, 0.1) is 0 Å². The van der Waals surface area contributed by atoms with E-state index < -0.39 is 0 Å². The highest BCUT2D eigenvalue weighted by molar-refractivity contribution is 5.34. The topological polar surface area (TPSA) is 0 Å². The van der Waals surface area contributed by atoms with Gasteiger partial charge < -0.3 is 0 Å². The molecule has 0 bridgehead atoms. The van der Waals surface area contributed by atoms with Gasteiger partial charge in [-0.15, -0.1) is 0 Å². The first-order chi connectivity index (χ1) is 4.36. The number of rotatable bonds is 0. The third-order valence-corrected chi connectivity index (χ3v) is 2.38. The lowest BCUT2D eigenvalue weighted by atomic mass is 10.1. The maximum Gasteiger partial charge on any atom is -0.0105 e. The Bertz CT molecular complexity index is 166.